The largest absolute Gasteiger partial charge is 0.311 e. The molecule has 2 aromatic heterocycles. The highest BCUT2D eigenvalue weighted by Gasteiger charge is 2.15. The van der Waals surface area contributed by atoms with Crippen molar-refractivity contribution in [2.24, 2.45) is 0 Å². The molecule has 0 aliphatic heterocycles. The topological polar surface area (TPSA) is 42.7 Å². The number of rotatable bonds is 6. The van der Waals surface area contributed by atoms with Gasteiger partial charge in [0.05, 0.1) is 17.4 Å². The maximum Gasteiger partial charge on any atom is 0.0624 e. The second-order valence-electron chi connectivity index (χ2n) is 5.05. The van der Waals surface area contributed by atoms with Gasteiger partial charge in [-0.1, -0.05) is 13.0 Å². The third-order valence-corrected chi connectivity index (χ3v) is 3.60. The summed E-state index contributed by atoms with van der Waals surface area (Å²) in [5.41, 5.74) is 4.58. The molecule has 0 radical (unpaired) electrons. The molecule has 4 heteroatoms. The molecule has 4 nitrogen and oxygen atoms in total. The summed E-state index contributed by atoms with van der Waals surface area (Å²) in [7, 11) is 1.99. The van der Waals surface area contributed by atoms with E-state index >= 15 is 0 Å². The highest BCUT2D eigenvalue weighted by molar-refractivity contribution is 5.18. The average Bonchev–Trinajstić information content (AvgIpc) is 2.87. The van der Waals surface area contributed by atoms with Crippen LogP contribution in [0, 0.1) is 6.92 Å². The van der Waals surface area contributed by atoms with Gasteiger partial charge < -0.3 is 5.32 Å². The van der Waals surface area contributed by atoms with E-state index in [-0.39, 0.29) is 6.04 Å². The molecular weight excluding hydrogens is 248 g/mol. The Hall–Kier alpha value is -1.68. The zero-order valence-corrected chi connectivity index (χ0v) is 12.8. The van der Waals surface area contributed by atoms with E-state index in [9.17, 15) is 0 Å². The van der Waals surface area contributed by atoms with Crippen LogP contribution in [0.25, 0.3) is 0 Å². The van der Waals surface area contributed by atoms with Crippen LogP contribution in [0.3, 0.4) is 0 Å². The molecule has 2 rings (SSSR count). The molecule has 0 saturated heterocycles. The van der Waals surface area contributed by atoms with Gasteiger partial charge in [0.25, 0.3) is 0 Å². The van der Waals surface area contributed by atoms with Crippen molar-refractivity contribution in [2.75, 3.05) is 7.05 Å². The Labute approximate surface area is 121 Å². The Kier molecular flexibility index (Phi) is 4.90. The number of nitrogens with zero attached hydrogens (tertiary/aromatic N) is 3. The highest BCUT2D eigenvalue weighted by atomic mass is 15.3. The average molecular weight is 272 g/mol. The highest BCUT2D eigenvalue weighted by Crippen LogP contribution is 2.18. The summed E-state index contributed by atoms with van der Waals surface area (Å²) in [5, 5.41) is 7.98. The molecular formula is C16H24N4. The van der Waals surface area contributed by atoms with E-state index in [0.717, 1.165) is 36.5 Å². The number of hydrogen-bond donors (Lipinski definition) is 1. The van der Waals surface area contributed by atoms with Crippen LogP contribution in [0.5, 0.6) is 0 Å². The lowest BCUT2D eigenvalue weighted by molar-refractivity contribution is 0.530. The van der Waals surface area contributed by atoms with Crippen LogP contribution < -0.4 is 5.32 Å². The molecule has 1 atom stereocenters. The molecule has 0 aromatic carbocycles. The molecule has 2 heterocycles. The SMILES string of the molecule is CCc1cc(CC(NC)c2cccc(C)n2)n(CC)n1. The van der Waals surface area contributed by atoms with Gasteiger partial charge in [0.2, 0.25) is 0 Å². The second-order valence-corrected chi connectivity index (χ2v) is 5.05. The Morgan fingerprint density at radius 3 is 2.70 bits per heavy atom. The Balaban J connectivity index is 2.24. The van der Waals surface area contributed by atoms with Crippen LogP contribution in [0.4, 0.5) is 0 Å². The van der Waals surface area contributed by atoms with Crippen LogP contribution in [0.15, 0.2) is 24.3 Å². The molecule has 0 aliphatic carbocycles. The van der Waals surface area contributed by atoms with Gasteiger partial charge in [0, 0.05) is 24.4 Å². The van der Waals surface area contributed by atoms with Crippen molar-refractivity contribution in [3.8, 4) is 0 Å². The maximum atomic E-state index is 4.63. The van der Waals surface area contributed by atoms with Crippen molar-refractivity contribution in [1.82, 2.24) is 20.1 Å². The fraction of sp³-hybridized carbons (Fsp3) is 0.500. The quantitative estimate of drug-likeness (QED) is 0.879. The third kappa shape index (κ3) is 3.25. The van der Waals surface area contributed by atoms with Gasteiger partial charge in [-0.2, -0.15) is 5.10 Å². The van der Waals surface area contributed by atoms with E-state index in [1.165, 1.54) is 5.69 Å². The number of pyridine rings is 1. The van der Waals surface area contributed by atoms with E-state index in [2.05, 4.69) is 52.1 Å². The van der Waals surface area contributed by atoms with Crippen molar-refractivity contribution in [2.45, 2.75) is 46.2 Å². The zero-order valence-electron chi connectivity index (χ0n) is 12.8. The van der Waals surface area contributed by atoms with Crippen molar-refractivity contribution >= 4 is 0 Å². The molecule has 0 bridgehead atoms. The summed E-state index contributed by atoms with van der Waals surface area (Å²) < 4.78 is 2.10. The lowest BCUT2D eigenvalue weighted by Crippen LogP contribution is -2.21. The molecule has 20 heavy (non-hydrogen) atoms. The van der Waals surface area contributed by atoms with Gasteiger partial charge in [-0.15, -0.1) is 0 Å². The van der Waals surface area contributed by atoms with Crippen LogP contribution in [0.1, 0.15) is 42.7 Å². The summed E-state index contributed by atoms with van der Waals surface area (Å²) in [4.78, 5) is 4.63. The van der Waals surface area contributed by atoms with Gasteiger partial charge in [-0.05, 0) is 45.5 Å². The molecule has 0 fully saturated rings. The molecule has 1 unspecified atom stereocenters. The van der Waals surface area contributed by atoms with E-state index < -0.39 is 0 Å². The first-order valence-corrected chi connectivity index (χ1v) is 7.34. The first-order chi connectivity index (χ1) is 9.67. The predicted octanol–water partition coefficient (Wildman–Crippen LogP) is 2.67. The lowest BCUT2D eigenvalue weighted by Gasteiger charge is -2.16. The smallest absolute Gasteiger partial charge is 0.0624 e. The van der Waals surface area contributed by atoms with Crippen LogP contribution >= 0.6 is 0 Å². The predicted molar refractivity (Wildman–Crippen MR) is 81.8 cm³/mol. The first kappa shape index (κ1) is 14.7. The minimum Gasteiger partial charge on any atom is -0.311 e. The number of likely N-dealkylation sites (N-methyl/N-ethyl adjacent to an activating group) is 1. The minimum atomic E-state index is 0.224. The van der Waals surface area contributed by atoms with Gasteiger partial charge in [0.1, 0.15) is 0 Å². The standard InChI is InChI=1S/C16H24N4/c1-5-13-10-14(20(6-2)19-13)11-16(17-4)15-9-7-8-12(3)18-15/h7-10,16-17H,5-6,11H2,1-4H3. The number of aromatic nitrogens is 3. The zero-order chi connectivity index (χ0) is 14.5. The van der Waals surface area contributed by atoms with Gasteiger partial charge in [-0.3, -0.25) is 9.67 Å². The van der Waals surface area contributed by atoms with Crippen molar-refractivity contribution in [3.05, 3.63) is 47.0 Å². The lowest BCUT2D eigenvalue weighted by atomic mass is 10.1. The summed E-state index contributed by atoms with van der Waals surface area (Å²) in [6.07, 6.45) is 1.89. The Morgan fingerprint density at radius 2 is 2.10 bits per heavy atom. The van der Waals surface area contributed by atoms with E-state index in [0.29, 0.717) is 0 Å². The van der Waals surface area contributed by atoms with E-state index in [1.807, 2.05) is 20.0 Å². The van der Waals surface area contributed by atoms with E-state index in [1.54, 1.807) is 0 Å². The molecule has 0 spiro atoms. The van der Waals surface area contributed by atoms with Gasteiger partial charge >= 0.3 is 0 Å². The number of aryl methyl sites for hydroxylation is 3. The van der Waals surface area contributed by atoms with Crippen LogP contribution in [-0.2, 0) is 19.4 Å². The normalized spacial score (nSPS) is 12.6. The fourth-order valence-corrected chi connectivity index (χ4v) is 2.45. The van der Waals surface area contributed by atoms with Crippen LogP contribution in [0.2, 0.25) is 0 Å². The summed E-state index contributed by atoms with van der Waals surface area (Å²) >= 11 is 0. The molecule has 108 valence electrons. The number of hydrogen-bond acceptors (Lipinski definition) is 3. The molecule has 0 saturated carbocycles. The van der Waals surface area contributed by atoms with Gasteiger partial charge in [-0.25, -0.2) is 0 Å². The summed E-state index contributed by atoms with van der Waals surface area (Å²) in [6.45, 7) is 7.22. The maximum absolute atomic E-state index is 4.63. The number of nitrogens with one attached hydrogen (secondary N) is 1. The Bertz CT molecular complexity index is 559. The first-order valence-electron chi connectivity index (χ1n) is 7.34. The minimum absolute atomic E-state index is 0.224. The monoisotopic (exact) mass is 272 g/mol. The van der Waals surface area contributed by atoms with Crippen LogP contribution in [-0.4, -0.2) is 21.8 Å². The third-order valence-electron chi connectivity index (χ3n) is 3.60. The molecule has 0 amide bonds. The van der Waals surface area contributed by atoms with E-state index in [4.69, 9.17) is 0 Å². The van der Waals surface area contributed by atoms with Crippen molar-refractivity contribution in [3.63, 3.8) is 0 Å². The fourth-order valence-electron chi connectivity index (χ4n) is 2.45. The van der Waals surface area contributed by atoms with Crippen molar-refractivity contribution in [1.29, 1.82) is 0 Å². The molecule has 1 N–H and O–H groups in total. The summed E-state index contributed by atoms with van der Waals surface area (Å²) in [6, 6.07) is 8.62. The Morgan fingerprint density at radius 1 is 1.30 bits per heavy atom. The molecule has 0 aliphatic rings. The molecule has 2 aromatic rings. The van der Waals surface area contributed by atoms with Gasteiger partial charge in [0.15, 0.2) is 0 Å². The van der Waals surface area contributed by atoms with Crippen molar-refractivity contribution < 1.29 is 0 Å². The second kappa shape index (κ2) is 6.66. The summed E-state index contributed by atoms with van der Waals surface area (Å²) in [5.74, 6) is 0.